The first-order valence-electron chi connectivity index (χ1n) is 7.65. The fourth-order valence-corrected chi connectivity index (χ4v) is 4.25. The summed E-state index contributed by atoms with van der Waals surface area (Å²) in [6.45, 7) is 0.189. The molecule has 5 heteroatoms. The van der Waals surface area contributed by atoms with Gasteiger partial charge in [-0.3, -0.25) is 9.78 Å². The maximum Gasteiger partial charge on any atom is 0.231 e. The van der Waals surface area contributed by atoms with E-state index in [9.17, 15) is 9.90 Å². The molecule has 0 amide bonds. The van der Waals surface area contributed by atoms with Crippen molar-refractivity contribution in [2.24, 2.45) is 0 Å². The molecule has 1 aromatic heterocycles. The van der Waals surface area contributed by atoms with Gasteiger partial charge in [-0.1, -0.05) is 0 Å². The first kappa shape index (κ1) is 12.4. The largest absolute Gasteiger partial charge is 0.454 e. The van der Waals surface area contributed by atoms with Crippen molar-refractivity contribution in [3.63, 3.8) is 0 Å². The zero-order chi connectivity index (χ0) is 14.9. The number of fused-ring (bicyclic) bond motifs is 3. The van der Waals surface area contributed by atoms with Crippen LogP contribution in [0.1, 0.15) is 41.7 Å². The van der Waals surface area contributed by atoms with Gasteiger partial charge in [0, 0.05) is 17.1 Å². The molecule has 3 aliphatic rings. The average molecular weight is 297 g/mol. The van der Waals surface area contributed by atoms with E-state index in [4.69, 9.17) is 9.47 Å². The number of ketones is 1. The monoisotopic (exact) mass is 297 g/mol. The molecule has 5 nitrogen and oxygen atoms in total. The van der Waals surface area contributed by atoms with Gasteiger partial charge in [0.1, 0.15) is 5.69 Å². The van der Waals surface area contributed by atoms with Gasteiger partial charge < -0.3 is 14.6 Å². The highest BCUT2D eigenvalue weighted by atomic mass is 16.7. The van der Waals surface area contributed by atoms with Crippen molar-refractivity contribution in [3.8, 4) is 11.5 Å². The number of hydrogen-bond acceptors (Lipinski definition) is 5. The van der Waals surface area contributed by atoms with Crippen LogP contribution in [0.3, 0.4) is 0 Å². The van der Waals surface area contributed by atoms with Gasteiger partial charge >= 0.3 is 0 Å². The van der Waals surface area contributed by atoms with Gasteiger partial charge in [0.25, 0.3) is 0 Å². The van der Waals surface area contributed by atoms with Crippen LogP contribution in [0.15, 0.2) is 18.3 Å². The van der Waals surface area contributed by atoms with Crippen LogP contribution in [0.5, 0.6) is 11.5 Å². The average Bonchev–Trinajstić information content (AvgIpc) is 3.08. The van der Waals surface area contributed by atoms with Crippen LogP contribution in [0.2, 0.25) is 0 Å². The number of hydrogen-bond donors (Lipinski definition) is 1. The van der Waals surface area contributed by atoms with E-state index in [-0.39, 0.29) is 18.7 Å². The topological polar surface area (TPSA) is 68.7 Å². The molecule has 1 N–H and O–H groups in total. The molecule has 0 bridgehead atoms. The number of pyridine rings is 1. The number of aliphatic hydroxyl groups is 1. The summed E-state index contributed by atoms with van der Waals surface area (Å²) in [6, 6.07) is 3.84. The molecule has 22 heavy (non-hydrogen) atoms. The number of rotatable bonds is 0. The zero-order valence-corrected chi connectivity index (χ0v) is 12.0. The Bertz CT molecular complexity index is 821. The molecule has 2 aromatic rings. The molecule has 1 aromatic carbocycles. The maximum absolute atomic E-state index is 13.1. The van der Waals surface area contributed by atoms with Crippen molar-refractivity contribution in [2.75, 3.05) is 6.79 Å². The van der Waals surface area contributed by atoms with Crippen LogP contribution in [0.4, 0.5) is 0 Å². The highest BCUT2D eigenvalue weighted by Gasteiger charge is 2.52. The van der Waals surface area contributed by atoms with Gasteiger partial charge in [0.05, 0.1) is 11.5 Å². The molecule has 2 aliphatic carbocycles. The molecular formula is C17H15NO4. The van der Waals surface area contributed by atoms with E-state index in [1.54, 1.807) is 6.20 Å². The number of aromatic nitrogens is 1. The Labute approximate surface area is 126 Å². The molecular weight excluding hydrogens is 282 g/mol. The molecule has 0 radical (unpaired) electrons. The molecule has 0 saturated heterocycles. The van der Waals surface area contributed by atoms with Crippen molar-refractivity contribution in [1.82, 2.24) is 4.98 Å². The Morgan fingerprint density at radius 2 is 2.09 bits per heavy atom. The lowest BCUT2D eigenvalue weighted by Crippen LogP contribution is -2.38. The first-order chi connectivity index (χ1) is 10.7. The lowest BCUT2D eigenvalue weighted by atomic mass is 9.68. The van der Waals surface area contributed by atoms with Gasteiger partial charge in [0.2, 0.25) is 6.79 Å². The third-order valence-electron chi connectivity index (χ3n) is 5.33. The van der Waals surface area contributed by atoms with Crippen LogP contribution in [-0.2, 0) is 5.41 Å². The lowest BCUT2D eigenvalue weighted by molar-refractivity contribution is 0.0684. The summed E-state index contributed by atoms with van der Waals surface area (Å²) in [6.07, 6.45) is 3.89. The molecule has 0 unspecified atom stereocenters. The Kier molecular flexibility index (Phi) is 2.25. The summed E-state index contributed by atoms with van der Waals surface area (Å²) in [4.78, 5) is 17.5. The van der Waals surface area contributed by atoms with Crippen molar-refractivity contribution in [1.29, 1.82) is 0 Å². The van der Waals surface area contributed by atoms with Gasteiger partial charge in [-0.2, -0.15) is 0 Å². The zero-order valence-electron chi connectivity index (χ0n) is 12.0. The van der Waals surface area contributed by atoms with E-state index < -0.39 is 5.41 Å². The Hall–Kier alpha value is -2.14. The highest BCUT2D eigenvalue weighted by Crippen LogP contribution is 2.56. The molecule has 112 valence electrons. The maximum atomic E-state index is 13.1. The van der Waals surface area contributed by atoms with Crippen molar-refractivity contribution in [2.45, 2.75) is 37.2 Å². The molecule has 1 fully saturated rings. The van der Waals surface area contributed by atoms with E-state index in [0.717, 1.165) is 16.3 Å². The smallest absolute Gasteiger partial charge is 0.231 e. The summed E-state index contributed by atoms with van der Waals surface area (Å²) >= 11 is 0. The summed E-state index contributed by atoms with van der Waals surface area (Å²) < 4.78 is 11.3. The minimum absolute atomic E-state index is 0.0731. The minimum atomic E-state index is -0.604. The summed E-state index contributed by atoms with van der Waals surface area (Å²) in [5.41, 5.74) is 0.882. The summed E-state index contributed by atoms with van der Waals surface area (Å²) in [5, 5.41) is 11.7. The fourth-order valence-electron chi connectivity index (χ4n) is 4.25. The molecule has 5 rings (SSSR count). The van der Waals surface area contributed by atoms with Crippen LogP contribution in [0.25, 0.3) is 10.8 Å². The normalized spacial score (nSPS) is 28.8. The third-order valence-corrected chi connectivity index (χ3v) is 5.33. The quantitative estimate of drug-likeness (QED) is 0.808. The van der Waals surface area contributed by atoms with E-state index in [0.29, 0.717) is 42.9 Å². The fraction of sp³-hybridized carbons (Fsp3) is 0.412. The number of carbonyl (C=O) groups is 1. The van der Waals surface area contributed by atoms with E-state index in [1.807, 2.05) is 12.1 Å². The van der Waals surface area contributed by atoms with Crippen LogP contribution < -0.4 is 9.47 Å². The predicted octanol–water partition coefficient (Wildman–Crippen LogP) is 2.33. The van der Waals surface area contributed by atoms with E-state index in [1.165, 1.54) is 0 Å². The second-order valence-electron chi connectivity index (χ2n) is 6.39. The van der Waals surface area contributed by atoms with Crippen molar-refractivity contribution < 1.29 is 19.4 Å². The Morgan fingerprint density at radius 3 is 2.91 bits per heavy atom. The molecule has 1 saturated carbocycles. The van der Waals surface area contributed by atoms with Crippen LogP contribution >= 0.6 is 0 Å². The second-order valence-corrected chi connectivity index (χ2v) is 6.39. The molecule has 0 atom stereocenters. The van der Waals surface area contributed by atoms with Gasteiger partial charge in [-0.05, 0) is 43.2 Å². The van der Waals surface area contributed by atoms with E-state index >= 15 is 0 Å². The number of nitrogens with zero attached hydrogens (tertiary/aromatic N) is 1. The summed E-state index contributed by atoms with van der Waals surface area (Å²) in [7, 11) is 0. The number of ether oxygens (including phenoxy) is 2. The highest BCUT2D eigenvalue weighted by molar-refractivity contribution is 6.20. The van der Waals surface area contributed by atoms with Crippen LogP contribution in [0, 0.1) is 0 Å². The van der Waals surface area contributed by atoms with Gasteiger partial charge in [-0.15, -0.1) is 0 Å². The second kappa shape index (κ2) is 3.98. The number of aliphatic hydroxyl groups excluding tert-OH is 1. The van der Waals surface area contributed by atoms with Crippen molar-refractivity contribution in [3.05, 3.63) is 29.6 Å². The number of benzene rings is 1. The summed E-state index contributed by atoms with van der Waals surface area (Å²) in [5.74, 6) is 1.48. The minimum Gasteiger partial charge on any atom is -0.454 e. The van der Waals surface area contributed by atoms with Crippen LogP contribution in [-0.4, -0.2) is 28.8 Å². The van der Waals surface area contributed by atoms with Crippen molar-refractivity contribution >= 4 is 16.6 Å². The molecule has 2 heterocycles. The van der Waals surface area contributed by atoms with E-state index in [2.05, 4.69) is 4.98 Å². The lowest BCUT2D eigenvalue weighted by Gasteiger charge is -2.35. The Morgan fingerprint density at radius 1 is 1.27 bits per heavy atom. The SMILES string of the molecule is O=C1c2nccc3cc4c(c(c23)C12CCC(O)CC2)OCO4. The molecule has 1 spiro atoms. The predicted molar refractivity (Wildman–Crippen MR) is 78.3 cm³/mol. The first-order valence-corrected chi connectivity index (χ1v) is 7.65. The third kappa shape index (κ3) is 1.33. The Balaban J connectivity index is 1.86. The van der Waals surface area contributed by atoms with Gasteiger partial charge in [0.15, 0.2) is 17.3 Å². The number of Topliss-reactive ketones (excluding diaryl/α,β-unsaturated/α-hetero) is 1. The standard InChI is InChI=1S/C17H15NO4/c19-10-1-4-17(5-2-10)13-12-9(3-6-18-14(12)16(17)20)7-11-15(13)22-8-21-11/h3,6-7,10,19H,1-2,4-5,8H2. The molecule has 1 aliphatic heterocycles. The number of carbonyl (C=O) groups excluding carboxylic acids is 1. The van der Waals surface area contributed by atoms with Gasteiger partial charge in [-0.25, -0.2) is 0 Å².